The van der Waals surface area contributed by atoms with E-state index in [1.807, 2.05) is 49.4 Å². The molecule has 0 fully saturated rings. The Kier molecular flexibility index (Phi) is 14.9. The van der Waals surface area contributed by atoms with Gasteiger partial charge in [-0.25, -0.2) is 12.2 Å². The van der Waals surface area contributed by atoms with Gasteiger partial charge in [-0.05, 0) is 6.42 Å². The summed E-state index contributed by atoms with van der Waals surface area (Å²) in [7, 11) is 1.50. The summed E-state index contributed by atoms with van der Waals surface area (Å²) in [6.45, 7) is 2.00. The molecule has 4 rings (SSSR count). The van der Waals surface area contributed by atoms with Crippen LogP contribution in [0, 0.1) is 12.1 Å². The monoisotopic (exact) mass is 368 g/mol. The first-order chi connectivity index (χ1) is 12.4. The van der Waals surface area contributed by atoms with Gasteiger partial charge in [-0.15, -0.1) is 12.0 Å². The molecular formula is C22H24O2Ti-2. The maximum absolute atomic E-state index is 8.25. The van der Waals surface area contributed by atoms with Gasteiger partial charge < -0.3 is 10.2 Å². The third-order valence-corrected chi connectivity index (χ3v) is 3.20. The molecule has 0 amide bonds. The fourth-order valence-corrected chi connectivity index (χ4v) is 2.34. The molecule has 130 valence electrons. The van der Waals surface area contributed by atoms with Gasteiger partial charge in [-0.1, -0.05) is 35.4 Å². The van der Waals surface area contributed by atoms with E-state index in [0.29, 0.717) is 0 Å². The fraction of sp³-hybridized carbons (Fsp3) is 0.227. The van der Waals surface area contributed by atoms with E-state index in [2.05, 4.69) is 54.6 Å². The second-order valence-electron chi connectivity index (χ2n) is 4.69. The third-order valence-electron chi connectivity index (χ3n) is 3.20. The van der Waals surface area contributed by atoms with Crippen molar-refractivity contribution in [3.8, 4) is 11.1 Å². The molecule has 3 heteroatoms. The standard InChI is InChI=1S/C13H9.C5H5.C2H4.2CH3O.Ti/c1-3-7-12-10(5-1)9-11-6-2-4-8-13(11)12;1-2-4-5-3-1;3*1-2;/h1-5,7-8H,9H2;1-3H,4H2;1H,2H3;2*1H3;/q2*-1;;2*-1;+2. The number of hydrogen-bond donors (Lipinski definition) is 0. The van der Waals surface area contributed by atoms with Gasteiger partial charge in [0.1, 0.15) is 0 Å². The van der Waals surface area contributed by atoms with E-state index in [1.54, 1.807) is 0 Å². The molecule has 0 radical (unpaired) electrons. The van der Waals surface area contributed by atoms with Crippen LogP contribution in [0.1, 0.15) is 24.5 Å². The Morgan fingerprint density at radius 1 is 1.00 bits per heavy atom. The molecule has 0 spiro atoms. The first-order valence-electron chi connectivity index (χ1n) is 7.93. The molecule has 0 saturated heterocycles. The molecule has 0 atom stereocenters. The fourth-order valence-electron chi connectivity index (χ4n) is 2.34. The summed E-state index contributed by atoms with van der Waals surface area (Å²) in [6.07, 6.45) is 11.0. The maximum atomic E-state index is 8.25. The second-order valence-corrected chi connectivity index (χ2v) is 5.59. The minimum Gasteiger partial charge on any atom is -0.857 e. The van der Waals surface area contributed by atoms with Gasteiger partial charge in [0.2, 0.25) is 0 Å². The van der Waals surface area contributed by atoms with Crippen LogP contribution < -0.4 is 10.2 Å². The number of rotatable bonds is 0. The predicted octanol–water partition coefficient (Wildman–Crippen LogP) is 2.67. The van der Waals surface area contributed by atoms with E-state index in [4.69, 9.17) is 10.2 Å². The number of allylic oxidation sites excluding steroid dienone is 4. The molecule has 25 heavy (non-hydrogen) atoms. The van der Waals surface area contributed by atoms with E-state index >= 15 is 0 Å². The quantitative estimate of drug-likeness (QED) is 0.452. The number of fused-ring (bicyclic) bond motifs is 3. The predicted molar refractivity (Wildman–Crippen MR) is 98.7 cm³/mol. The van der Waals surface area contributed by atoms with Crippen molar-refractivity contribution in [2.24, 2.45) is 0 Å². The van der Waals surface area contributed by atoms with Crippen LogP contribution in [-0.2, 0) is 26.4 Å². The van der Waals surface area contributed by atoms with Crippen LogP contribution in [0.3, 0.4) is 0 Å². The Labute approximate surface area is 163 Å². The molecule has 2 aliphatic rings. The molecule has 0 N–H and O–H groups in total. The van der Waals surface area contributed by atoms with Gasteiger partial charge in [0, 0.05) is 0 Å². The zero-order valence-corrected chi connectivity index (χ0v) is 16.6. The van der Waals surface area contributed by atoms with E-state index < -0.39 is 0 Å². The normalized spacial score (nSPS) is 11.0. The first-order valence-corrected chi connectivity index (χ1v) is 8.83. The van der Waals surface area contributed by atoms with Crippen molar-refractivity contribution in [3.05, 3.63) is 84.0 Å². The maximum Gasteiger partial charge on any atom is -0.0253 e. The minimum atomic E-state index is 0.750. The van der Waals surface area contributed by atoms with Gasteiger partial charge in [0.05, 0.1) is 0 Å². The van der Waals surface area contributed by atoms with Gasteiger partial charge in [0.25, 0.3) is 0 Å². The summed E-state index contributed by atoms with van der Waals surface area (Å²) in [4.78, 5) is 0. The summed E-state index contributed by atoms with van der Waals surface area (Å²) in [5, 5.41) is 16.5. The third kappa shape index (κ3) is 8.37. The molecule has 0 saturated carbocycles. The zero-order chi connectivity index (χ0) is 18.9. The van der Waals surface area contributed by atoms with Gasteiger partial charge in [0.15, 0.2) is 0 Å². The van der Waals surface area contributed by atoms with Crippen LogP contribution in [-0.4, -0.2) is 18.5 Å². The van der Waals surface area contributed by atoms with Crippen molar-refractivity contribution < 1.29 is 30.2 Å². The Balaban J connectivity index is 0.000000403. The summed E-state index contributed by atoms with van der Waals surface area (Å²) < 4.78 is 2.00. The van der Waals surface area contributed by atoms with Crippen LogP contribution in [0.2, 0.25) is 0 Å². The van der Waals surface area contributed by atoms with Crippen LogP contribution in [0.4, 0.5) is 0 Å². The molecule has 0 heterocycles. The van der Waals surface area contributed by atoms with Gasteiger partial charge in [-0.2, -0.15) is 50.1 Å². The van der Waals surface area contributed by atoms with E-state index in [9.17, 15) is 0 Å². The molecule has 2 aromatic rings. The van der Waals surface area contributed by atoms with Gasteiger partial charge >= 0.3 is 31.2 Å². The van der Waals surface area contributed by atoms with Gasteiger partial charge in [-0.3, -0.25) is 6.08 Å². The van der Waals surface area contributed by atoms with Crippen molar-refractivity contribution in [1.29, 1.82) is 0 Å². The van der Waals surface area contributed by atoms with Crippen molar-refractivity contribution in [1.82, 2.24) is 0 Å². The molecule has 0 unspecified atom stereocenters. The Hall–Kier alpha value is -1.58. The Morgan fingerprint density at radius 3 is 2.20 bits per heavy atom. The van der Waals surface area contributed by atoms with Crippen LogP contribution in [0.15, 0.2) is 60.7 Å². The topological polar surface area (TPSA) is 46.1 Å². The van der Waals surface area contributed by atoms with E-state index in [1.165, 1.54) is 22.3 Å². The molecule has 2 nitrogen and oxygen atoms in total. The number of hydrogen-bond acceptors (Lipinski definition) is 2. The average molecular weight is 368 g/mol. The smallest absolute Gasteiger partial charge is 0.0253 e. The van der Waals surface area contributed by atoms with Crippen molar-refractivity contribution in [2.45, 2.75) is 19.8 Å². The van der Waals surface area contributed by atoms with E-state index in [-0.39, 0.29) is 0 Å². The molecule has 0 aromatic heterocycles. The summed E-state index contributed by atoms with van der Waals surface area (Å²) >= 11 is 2.00. The molecular weight excluding hydrogens is 344 g/mol. The summed E-state index contributed by atoms with van der Waals surface area (Å²) in [6, 6.07) is 18.1. The van der Waals surface area contributed by atoms with Crippen molar-refractivity contribution in [2.75, 3.05) is 14.2 Å². The Bertz CT molecular complexity index is 607. The molecule has 2 aromatic carbocycles. The van der Waals surface area contributed by atoms with Crippen molar-refractivity contribution >= 4 is 4.31 Å². The largest absolute Gasteiger partial charge is 0.857 e. The zero-order valence-electron chi connectivity index (χ0n) is 15.1. The first kappa shape index (κ1) is 23.4. The van der Waals surface area contributed by atoms with Crippen LogP contribution in [0.5, 0.6) is 0 Å². The Morgan fingerprint density at radius 2 is 1.64 bits per heavy atom. The molecule has 0 aliphatic heterocycles. The SMILES string of the molecule is C[CH]=[Ti+2].C[O-].C[O-].[C-]1=CC=CC1.[c-]1cccc2c1Cc1ccccc1-2. The average Bonchev–Trinajstić information content (AvgIpc) is 3.37. The summed E-state index contributed by atoms with van der Waals surface area (Å²) in [5.41, 5.74) is 5.51. The van der Waals surface area contributed by atoms with Crippen molar-refractivity contribution in [3.63, 3.8) is 0 Å². The van der Waals surface area contributed by atoms with Crippen LogP contribution >= 0.6 is 0 Å². The number of benzene rings is 2. The van der Waals surface area contributed by atoms with E-state index in [0.717, 1.165) is 27.1 Å². The minimum absolute atomic E-state index is 0.750. The van der Waals surface area contributed by atoms with Crippen LogP contribution in [0.25, 0.3) is 11.1 Å². The molecule has 0 bridgehead atoms. The second kappa shape index (κ2) is 15.9. The summed E-state index contributed by atoms with van der Waals surface area (Å²) in [5.74, 6) is 0. The molecule has 2 aliphatic carbocycles.